The molecule has 0 saturated heterocycles. The Bertz CT molecular complexity index is 15.1. The third kappa shape index (κ3) is 4.25. The summed E-state index contributed by atoms with van der Waals surface area (Å²) in [6.07, 6.45) is 0. The minimum absolute atomic E-state index is 1.90. The summed E-state index contributed by atoms with van der Waals surface area (Å²) in [5.41, 5.74) is 0. The van der Waals surface area contributed by atoms with E-state index in [0.717, 1.165) is 0 Å². The van der Waals surface area contributed by atoms with Crippen molar-refractivity contribution in [3.63, 3.8) is 0 Å². The molecule has 0 aliphatic rings. The summed E-state index contributed by atoms with van der Waals surface area (Å²) in [5, 5.41) is 0. The zero-order valence-electron chi connectivity index (χ0n) is 2.58. The monoisotopic (exact) mass is 114 g/mol. The summed E-state index contributed by atoms with van der Waals surface area (Å²) in [4.78, 5) is 0. The Morgan fingerprint density at radius 3 is 1.60 bits per heavy atom. The number of hydrogen-bond donors (Lipinski definition) is 0. The van der Waals surface area contributed by atoms with Gasteiger partial charge < -0.3 is 4.12 Å². The Balaban J connectivity index is 2.19. The SMILES string of the molecule is F[SiH2]O[SiH2]F. The van der Waals surface area contributed by atoms with Crippen molar-refractivity contribution in [1.29, 1.82) is 0 Å². The van der Waals surface area contributed by atoms with E-state index in [4.69, 9.17) is 0 Å². The highest BCUT2D eigenvalue weighted by Crippen LogP contribution is 1.63. The molecule has 0 aromatic rings. The highest BCUT2D eigenvalue weighted by Gasteiger charge is 1.76. The van der Waals surface area contributed by atoms with E-state index in [1.165, 1.54) is 0 Å². The zero-order chi connectivity index (χ0) is 4.12. The molecular weight excluding hydrogens is 110 g/mol. The molecule has 0 bridgehead atoms. The lowest BCUT2D eigenvalue weighted by Crippen LogP contribution is -1.90. The van der Waals surface area contributed by atoms with Gasteiger partial charge in [0.05, 0.1) is 0 Å². The van der Waals surface area contributed by atoms with Gasteiger partial charge >= 0.3 is 20.2 Å². The van der Waals surface area contributed by atoms with Crippen molar-refractivity contribution in [2.45, 2.75) is 0 Å². The van der Waals surface area contributed by atoms with Crippen LogP contribution in [0.3, 0.4) is 0 Å². The van der Waals surface area contributed by atoms with Gasteiger partial charge in [-0.2, -0.15) is 0 Å². The second kappa shape index (κ2) is 4.25. The van der Waals surface area contributed by atoms with Crippen molar-refractivity contribution in [2.75, 3.05) is 0 Å². The van der Waals surface area contributed by atoms with E-state index in [2.05, 4.69) is 4.12 Å². The molecule has 0 aliphatic heterocycles. The van der Waals surface area contributed by atoms with E-state index in [-0.39, 0.29) is 0 Å². The number of halogens is 2. The Kier molecular flexibility index (Phi) is 4.47. The van der Waals surface area contributed by atoms with E-state index >= 15 is 0 Å². The molecular formula is H4F2OSi2. The second-order valence-corrected chi connectivity index (χ2v) is 2.49. The molecule has 0 radical (unpaired) electrons. The molecule has 5 heteroatoms. The lowest BCUT2D eigenvalue weighted by molar-refractivity contribution is 0.521. The van der Waals surface area contributed by atoms with Crippen LogP contribution in [0, 0.1) is 0 Å². The van der Waals surface area contributed by atoms with E-state index in [0.29, 0.717) is 0 Å². The van der Waals surface area contributed by atoms with Crippen LogP contribution in [0.25, 0.3) is 0 Å². The Morgan fingerprint density at radius 1 is 1.20 bits per heavy atom. The van der Waals surface area contributed by atoms with Gasteiger partial charge in [-0.15, -0.1) is 0 Å². The largest absolute Gasteiger partial charge is 0.418 e. The molecule has 5 heavy (non-hydrogen) atoms. The molecule has 0 aromatic heterocycles. The molecule has 0 heterocycles. The molecule has 32 valence electrons. The second-order valence-electron chi connectivity index (χ2n) is 0.422. The van der Waals surface area contributed by atoms with Crippen LogP contribution in [0.15, 0.2) is 0 Å². The van der Waals surface area contributed by atoms with Gasteiger partial charge in [0.15, 0.2) is 0 Å². The van der Waals surface area contributed by atoms with Crippen LogP contribution in [0.5, 0.6) is 0 Å². The highest BCUT2D eigenvalue weighted by atomic mass is 28.4. The molecule has 0 amide bonds. The third-order valence-corrected chi connectivity index (χ3v) is 1.39. The van der Waals surface area contributed by atoms with E-state index in [9.17, 15) is 8.22 Å². The van der Waals surface area contributed by atoms with Crippen molar-refractivity contribution in [2.24, 2.45) is 0 Å². The summed E-state index contributed by atoms with van der Waals surface area (Å²) in [7, 11) is -3.80. The summed E-state index contributed by atoms with van der Waals surface area (Å²) >= 11 is 0. The van der Waals surface area contributed by atoms with Gasteiger partial charge in [-0.3, -0.25) is 8.22 Å². The summed E-state index contributed by atoms with van der Waals surface area (Å²) < 4.78 is 25.2. The van der Waals surface area contributed by atoms with Gasteiger partial charge in [0.2, 0.25) is 0 Å². The molecule has 1 nitrogen and oxygen atoms in total. The van der Waals surface area contributed by atoms with Crippen molar-refractivity contribution in [3.05, 3.63) is 0 Å². The third-order valence-electron chi connectivity index (χ3n) is 0.154. The van der Waals surface area contributed by atoms with Gasteiger partial charge in [-0.05, 0) is 0 Å². The fourth-order valence-corrected chi connectivity index (χ4v) is 0.262. The molecule has 0 aromatic carbocycles. The predicted octanol–water partition coefficient (Wildman–Crippen LogP) is -1.06. The van der Waals surface area contributed by atoms with E-state index in [1.807, 2.05) is 0 Å². The fourth-order valence-electron chi connectivity index (χ4n) is 0.0292. The average molecular weight is 114 g/mol. The lowest BCUT2D eigenvalue weighted by atomic mass is 15.8. The highest BCUT2D eigenvalue weighted by molar-refractivity contribution is 6.33. The first-order valence-corrected chi connectivity index (χ1v) is 3.34. The topological polar surface area (TPSA) is 9.23 Å². The maximum Gasteiger partial charge on any atom is 0.344 e. The lowest BCUT2D eigenvalue weighted by Gasteiger charge is -1.78. The Morgan fingerprint density at radius 2 is 1.60 bits per heavy atom. The first kappa shape index (κ1) is 5.25. The Labute approximate surface area is 33.6 Å². The van der Waals surface area contributed by atoms with Crippen LogP contribution >= 0.6 is 0 Å². The van der Waals surface area contributed by atoms with Crippen LogP contribution in [-0.2, 0) is 4.12 Å². The van der Waals surface area contributed by atoms with Gasteiger partial charge in [0.1, 0.15) is 0 Å². The van der Waals surface area contributed by atoms with Crippen molar-refractivity contribution in [1.82, 2.24) is 0 Å². The molecule has 0 saturated carbocycles. The maximum absolute atomic E-state index is 10.7. The Hall–Kier alpha value is 0.254. The normalized spacial score (nSPS) is 13.2. The summed E-state index contributed by atoms with van der Waals surface area (Å²) in [6.45, 7) is 0. The van der Waals surface area contributed by atoms with Gasteiger partial charge in [0.25, 0.3) is 0 Å². The van der Waals surface area contributed by atoms with Crippen molar-refractivity contribution >= 4 is 20.2 Å². The van der Waals surface area contributed by atoms with E-state index in [1.54, 1.807) is 0 Å². The molecule has 0 N–H and O–H groups in total. The predicted molar refractivity (Wildman–Crippen MR) is 20.4 cm³/mol. The van der Waals surface area contributed by atoms with Crippen LogP contribution in [0.1, 0.15) is 0 Å². The summed E-state index contributed by atoms with van der Waals surface area (Å²) in [6, 6.07) is 0. The van der Waals surface area contributed by atoms with Crippen LogP contribution in [0.2, 0.25) is 0 Å². The van der Waals surface area contributed by atoms with Gasteiger partial charge in [-0.1, -0.05) is 0 Å². The van der Waals surface area contributed by atoms with Crippen LogP contribution in [-0.4, -0.2) is 20.2 Å². The van der Waals surface area contributed by atoms with Crippen LogP contribution < -0.4 is 0 Å². The molecule has 0 fully saturated rings. The van der Waals surface area contributed by atoms with E-state index < -0.39 is 20.2 Å². The molecule has 0 unspecified atom stereocenters. The quantitative estimate of drug-likeness (QED) is 0.328. The molecule has 0 rings (SSSR count). The standard InChI is InChI=1S/F2H4OSi2/c1-4-3-5-2/h4-5H2. The molecule has 0 spiro atoms. The summed E-state index contributed by atoms with van der Waals surface area (Å²) in [5.74, 6) is 0. The van der Waals surface area contributed by atoms with Crippen LogP contribution in [0.4, 0.5) is 8.22 Å². The van der Waals surface area contributed by atoms with Crippen molar-refractivity contribution < 1.29 is 12.3 Å². The molecule has 0 aliphatic carbocycles. The van der Waals surface area contributed by atoms with Crippen molar-refractivity contribution in [3.8, 4) is 0 Å². The average Bonchev–Trinajstić information content (AvgIpc) is 1.41. The minimum atomic E-state index is -1.90. The first-order valence-electron chi connectivity index (χ1n) is 1.11. The fraction of sp³-hybridized carbons (Fsp3) is 0. The minimum Gasteiger partial charge on any atom is -0.418 e. The smallest absolute Gasteiger partial charge is 0.344 e. The maximum atomic E-state index is 10.7. The first-order chi connectivity index (χ1) is 2.41. The zero-order valence-corrected chi connectivity index (χ0v) is 5.41. The van der Waals surface area contributed by atoms with Gasteiger partial charge in [0, 0.05) is 0 Å². The van der Waals surface area contributed by atoms with Gasteiger partial charge in [-0.25, -0.2) is 0 Å². The number of hydrogen-bond acceptors (Lipinski definition) is 1. The number of rotatable bonds is 2. The molecule has 0 atom stereocenters.